The molecule has 0 bridgehead atoms. The van der Waals surface area contributed by atoms with Gasteiger partial charge >= 0.3 is 5.97 Å². The molecular formula is C21H38O7. The maximum atomic E-state index is 12.3. The van der Waals surface area contributed by atoms with Gasteiger partial charge < -0.3 is 29.5 Å². The molecule has 0 aromatic heterocycles. The molecule has 1 saturated heterocycles. The predicted molar refractivity (Wildman–Crippen MR) is 106 cm³/mol. The number of esters is 1. The molecule has 1 aliphatic rings. The molecule has 1 fully saturated rings. The first-order chi connectivity index (χ1) is 13.1. The molecule has 0 aliphatic carbocycles. The summed E-state index contributed by atoms with van der Waals surface area (Å²) in [5, 5.41) is 31.5. The minimum atomic E-state index is -1.23. The Morgan fingerprint density at radius 2 is 1.93 bits per heavy atom. The van der Waals surface area contributed by atoms with E-state index < -0.39 is 48.0 Å². The van der Waals surface area contributed by atoms with Crippen LogP contribution in [-0.4, -0.2) is 71.1 Å². The lowest BCUT2D eigenvalue weighted by Gasteiger charge is -2.42. The van der Waals surface area contributed by atoms with Crippen LogP contribution >= 0.6 is 0 Å². The number of aliphatic hydroxyl groups excluding tert-OH is 3. The predicted octanol–water partition coefficient (Wildman–Crippen LogP) is 1.82. The molecule has 0 aromatic carbocycles. The van der Waals surface area contributed by atoms with Crippen LogP contribution in [0.2, 0.25) is 0 Å². The van der Waals surface area contributed by atoms with Gasteiger partial charge in [0.1, 0.15) is 11.7 Å². The number of methoxy groups -OCH3 is 1. The highest BCUT2D eigenvalue weighted by Gasteiger charge is 2.49. The Hall–Kier alpha value is -0.990. The molecule has 7 heteroatoms. The highest BCUT2D eigenvalue weighted by molar-refractivity contribution is 5.82. The molecule has 0 aromatic rings. The van der Waals surface area contributed by atoms with Gasteiger partial charge in [-0.3, -0.25) is 0 Å². The van der Waals surface area contributed by atoms with Gasteiger partial charge in [-0.2, -0.15) is 0 Å². The summed E-state index contributed by atoms with van der Waals surface area (Å²) in [6, 6.07) is 0. The van der Waals surface area contributed by atoms with E-state index in [-0.39, 0.29) is 12.5 Å². The van der Waals surface area contributed by atoms with Crippen LogP contribution in [0.1, 0.15) is 53.9 Å². The Bertz CT molecular complexity index is 509. The van der Waals surface area contributed by atoms with Crippen molar-refractivity contribution in [3.05, 3.63) is 12.2 Å². The van der Waals surface area contributed by atoms with Gasteiger partial charge in [-0.25, -0.2) is 4.79 Å². The van der Waals surface area contributed by atoms with E-state index in [0.717, 1.165) is 12.8 Å². The first-order valence-electron chi connectivity index (χ1n) is 10.2. The van der Waals surface area contributed by atoms with Crippen molar-refractivity contribution in [3.8, 4) is 0 Å². The van der Waals surface area contributed by atoms with E-state index >= 15 is 0 Å². The summed E-state index contributed by atoms with van der Waals surface area (Å²) in [5.41, 5.74) is -1.23. The summed E-state index contributed by atoms with van der Waals surface area (Å²) in [4.78, 5) is 12.3. The van der Waals surface area contributed by atoms with Gasteiger partial charge in [0.25, 0.3) is 0 Å². The number of hydrogen-bond donors (Lipinski definition) is 3. The van der Waals surface area contributed by atoms with Crippen LogP contribution in [0, 0.1) is 11.8 Å². The Kier molecular flexibility index (Phi) is 10.1. The fourth-order valence-corrected chi connectivity index (χ4v) is 3.68. The summed E-state index contributed by atoms with van der Waals surface area (Å²) in [6.07, 6.45) is 1.08. The number of hydrogen-bond acceptors (Lipinski definition) is 7. The van der Waals surface area contributed by atoms with Gasteiger partial charge in [0, 0.05) is 25.0 Å². The fourth-order valence-electron chi connectivity index (χ4n) is 3.68. The molecule has 3 N–H and O–H groups in total. The SMILES string of the molecule is CCCCC(O)/C=C/C(=O)O[C@@H]1[C@H](C)[C@H](O)[C@](C)(OC)[C@H](O)[C@H](C)CO[C@H]1C. The van der Waals surface area contributed by atoms with Crippen LogP contribution in [0.15, 0.2) is 12.2 Å². The van der Waals surface area contributed by atoms with E-state index in [1.54, 1.807) is 20.8 Å². The summed E-state index contributed by atoms with van der Waals surface area (Å²) < 4.78 is 16.9. The van der Waals surface area contributed by atoms with Gasteiger partial charge in [-0.15, -0.1) is 0 Å². The molecule has 0 amide bonds. The number of rotatable bonds is 7. The van der Waals surface area contributed by atoms with Crippen molar-refractivity contribution >= 4 is 5.97 Å². The third-order valence-electron chi connectivity index (χ3n) is 5.81. The topological polar surface area (TPSA) is 105 Å². The number of aliphatic hydroxyl groups is 3. The van der Waals surface area contributed by atoms with Crippen molar-refractivity contribution in [1.29, 1.82) is 0 Å². The molecule has 7 nitrogen and oxygen atoms in total. The molecule has 164 valence electrons. The van der Waals surface area contributed by atoms with Gasteiger partial charge in [-0.05, 0) is 26.3 Å². The lowest BCUT2D eigenvalue weighted by molar-refractivity contribution is -0.192. The monoisotopic (exact) mass is 402 g/mol. The summed E-state index contributed by atoms with van der Waals surface area (Å²) in [5.74, 6) is -1.44. The van der Waals surface area contributed by atoms with Crippen molar-refractivity contribution in [2.24, 2.45) is 11.8 Å². The Labute approximate surface area is 168 Å². The lowest BCUT2D eigenvalue weighted by atomic mass is 9.78. The lowest BCUT2D eigenvalue weighted by Crippen LogP contribution is -2.58. The zero-order valence-electron chi connectivity index (χ0n) is 18.0. The Morgan fingerprint density at radius 1 is 1.29 bits per heavy atom. The van der Waals surface area contributed by atoms with E-state index in [9.17, 15) is 20.1 Å². The average molecular weight is 403 g/mol. The second kappa shape index (κ2) is 11.3. The minimum absolute atomic E-state index is 0.236. The van der Waals surface area contributed by atoms with E-state index in [1.165, 1.54) is 19.3 Å². The van der Waals surface area contributed by atoms with E-state index in [2.05, 4.69) is 0 Å². The van der Waals surface area contributed by atoms with Crippen LogP contribution in [-0.2, 0) is 19.0 Å². The molecule has 0 radical (unpaired) electrons. The van der Waals surface area contributed by atoms with Crippen LogP contribution in [0.4, 0.5) is 0 Å². The normalized spacial score (nSPS) is 38.5. The van der Waals surface area contributed by atoms with Crippen molar-refractivity contribution in [1.82, 2.24) is 0 Å². The highest BCUT2D eigenvalue weighted by Crippen LogP contribution is 2.34. The summed E-state index contributed by atoms with van der Waals surface area (Å²) in [7, 11) is 1.44. The van der Waals surface area contributed by atoms with Crippen LogP contribution in [0.5, 0.6) is 0 Å². The van der Waals surface area contributed by atoms with Crippen molar-refractivity contribution < 1.29 is 34.3 Å². The quantitative estimate of drug-likeness (QED) is 0.441. The van der Waals surface area contributed by atoms with Gasteiger partial charge in [0.2, 0.25) is 0 Å². The highest BCUT2D eigenvalue weighted by atomic mass is 16.6. The third-order valence-corrected chi connectivity index (χ3v) is 5.81. The van der Waals surface area contributed by atoms with Crippen LogP contribution in [0.25, 0.3) is 0 Å². The smallest absolute Gasteiger partial charge is 0.330 e. The average Bonchev–Trinajstić information content (AvgIpc) is 2.70. The van der Waals surface area contributed by atoms with Crippen molar-refractivity contribution in [2.75, 3.05) is 13.7 Å². The second-order valence-electron chi connectivity index (χ2n) is 8.12. The van der Waals surface area contributed by atoms with Crippen molar-refractivity contribution in [2.45, 2.75) is 90.0 Å². The number of ether oxygens (including phenoxy) is 3. The van der Waals surface area contributed by atoms with E-state index in [1.807, 2.05) is 13.8 Å². The van der Waals surface area contributed by atoms with Crippen LogP contribution in [0.3, 0.4) is 0 Å². The maximum Gasteiger partial charge on any atom is 0.330 e. The number of carbonyl (C=O) groups is 1. The van der Waals surface area contributed by atoms with E-state index in [0.29, 0.717) is 6.42 Å². The molecule has 1 unspecified atom stereocenters. The second-order valence-corrected chi connectivity index (χ2v) is 8.12. The molecule has 1 rings (SSSR count). The molecular weight excluding hydrogens is 364 g/mol. The Balaban J connectivity index is 2.96. The summed E-state index contributed by atoms with van der Waals surface area (Å²) in [6.45, 7) is 9.24. The molecule has 0 spiro atoms. The standard InChI is InChI=1S/C21H38O7/c1-7-8-9-16(22)10-11-17(23)28-18-14(3)20(25)21(5,26-6)19(24)13(2)12-27-15(18)4/h10-11,13-16,18-20,22,24-25H,7-9,12H2,1-6H3/b11-10+/t13-,14+,15+,16?,18-,19-,20+,21-/m1/s1. The zero-order valence-corrected chi connectivity index (χ0v) is 18.0. The first kappa shape index (κ1) is 25.0. The maximum absolute atomic E-state index is 12.3. The molecule has 28 heavy (non-hydrogen) atoms. The number of unbranched alkanes of at least 4 members (excludes halogenated alkanes) is 1. The largest absolute Gasteiger partial charge is 0.456 e. The van der Waals surface area contributed by atoms with Crippen LogP contribution < -0.4 is 0 Å². The summed E-state index contributed by atoms with van der Waals surface area (Å²) >= 11 is 0. The first-order valence-corrected chi connectivity index (χ1v) is 10.2. The van der Waals surface area contributed by atoms with Gasteiger partial charge in [0.15, 0.2) is 0 Å². The molecule has 0 saturated carbocycles. The molecule has 8 atom stereocenters. The van der Waals surface area contributed by atoms with Crippen molar-refractivity contribution in [3.63, 3.8) is 0 Å². The molecule has 1 heterocycles. The van der Waals surface area contributed by atoms with E-state index in [4.69, 9.17) is 14.2 Å². The van der Waals surface area contributed by atoms with Gasteiger partial charge in [0.05, 0.1) is 31.0 Å². The number of carbonyl (C=O) groups excluding carboxylic acids is 1. The minimum Gasteiger partial charge on any atom is -0.456 e. The Morgan fingerprint density at radius 3 is 2.50 bits per heavy atom. The molecule has 1 aliphatic heterocycles. The zero-order chi connectivity index (χ0) is 21.5. The fraction of sp³-hybridized carbons (Fsp3) is 0.857. The van der Waals surface area contributed by atoms with Gasteiger partial charge in [-0.1, -0.05) is 33.6 Å². The third kappa shape index (κ3) is 6.26.